The number of fused-ring (bicyclic) bond motifs is 1. The van der Waals surface area contributed by atoms with Crippen molar-refractivity contribution < 1.29 is 9.72 Å². The first-order chi connectivity index (χ1) is 10.6. The summed E-state index contributed by atoms with van der Waals surface area (Å²) in [6, 6.07) is 4.21. The first kappa shape index (κ1) is 13.7. The second-order valence-electron chi connectivity index (χ2n) is 4.76. The van der Waals surface area contributed by atoms with Gasteiger partial charge in [-0.1, -0.05) is 0 Å². The van der Waals surface area contributed by atoms with Gasteiger partial charge >= 0.3 is 0 Å². The molecule has 9 heteroatoms. The Balaban J connectivity index is 1.86. The number of nitrogens with zero attached hydrogens (tertiary/aromatic N) is 3. The Kier molecular flexibility index (Phi) is 3.30. The first-order valence-electron chi connectivity index (χ1n) is 6.46. The molecule has 0 atom stereocenters. The van der Waals surface area contributed by atoms with E-state index in [0.717, 1.165) is 11.3 Å². The van der Waals surface area contributed by atoms with Gasteiger partial charge in [-0.25, -0.2) is 0 Å². The van der Waals surface area contributed by atoms with Gasteiger partial charge in [0, 0.05) is 35.3 Å². The molecule has 0 unspecified atom stereocenters. The number of amides is 1. The maximum Gasteiger partial charge on any atom is 0.272 e. The van der Waals surface area contributed by atoms with Gasteiger partial charge in [0.1, 0.15) is 0 Å². The number of nitro benzene ring substituents is 1. The number of nitro groups is 1. The van der Waals surface area contributed by atoms with Gasteiger partial charge in [0.25, 0.3) is 11.6 Å². The van der Waals surface area contributed by atoms with E-state index >= 15 is 0 Å². The fraction of sp³-hybridized carbons (Fsp3) is 0.154. The molecule has 0 saturated carbocycles. The van der Waals surface area contributed by atoms with Crippen LogP contribution >= 0.6 is 0 Å². The van der Waals surface area contributed by atoms with Crippen LogP contribution < -0.4 is 5.32 Å². The highest BCUT2D eigenvalue weighted by Gasteiger charge is 2.17. The Morgan fingerprint density at radius 2 is 2.23 bits per heavy atom. The molecule has 1 amide bonds. The van der Waals surface area contributed by atoms with Gasteiger partial charge in [-0.2, -0.15) is 10.2 Å². The number of carbonyl (C=O) groups is 1. The smallest absolute Gasteiger partial charge is 0.272 e. The molecule has 3 rings (SSSR count). The van der Waals surface area contributed by atoms with Crippen LogP contribution in [0.3, 0.4) is 0 Å². The molecule has 9 nitrogen and oxygen atoms in total. The summed E-state index contributed by atoms with van der Waals surface area (Å²) in [5.41, 5.74) is 2.32. The molecular weight excluding hydrogens is 288 g/mol. The third-order valence-electron chi connectivity index (χ3n) is 3.35. The number of H-pyrrole nitrogens is 2. The van der Waals surface area contributed by atoms with E-state index < -0.39 is 10.8 Å². The van der Waals surface area contributed by atoms with Crippen molar-refractivity contribution in [2.24, 2.45) is 0 Å². The molecule has 2 heterocycles. The van der Waals surface area contributed by atoms with Gasteiger partial charge in [0.2, 0.25) is 0 Å². The highest BCUT2D eigenvalue weighted by atomic mass is 16.6. The molecule has 0 spiro atoms. The zero-order valence-corrected chi connectivity index (χ0v) is 11.6. The van der Waals surface area contributed by atoms with Gasteiger partial charge in [-0.15, -0.1) is 0 Å². The predicted molar refractivity (Wildman–Crippen MR) is 77.2 cm³/mol. The van der Waals surface area contributed by atoms with Crippen LogP contribution in [-0.2, 0) is 6.54 Å². The van der Waals surface area contributed by atoms with Crippen molar-refractivity contribution in [1.29, 1.82) is 0 Å². The molecule has 1 aromatic carbocycles. The highest BCUT2D eigenvalue weighted by Crippen LogP contribution is 2.22. The van der Waals surface area contributed by atoms with E-state index in [4.69, 9.17) is 0 Å². The van der Waals surface area contributed by atoms with Gasteiger partial charge in [0.05, 0.1) is 16.6 Å². The summed E-state index contributed by atoms with van der Waals surface area (Å²) in [5, 5.41) is 27.2. The van der Waals surface area contributed by atoms with Crippen LogP contribution in [0.25, 0.3) is 10.9 Å². The second kappa shape index (κ2) is 5.28. The molecule has 112 valence electrons. The standard InChI is InChI=1S/C13H12N6O3/c1-7-8(6-15-16-7)5-14-13(20)12-10-4-9(19(21)22)2-3-11(10)17-18-12/h2-4,6H,5H2,1H3,(H,14,20)(H,15,16)(H,17,18). The third kappa shape index (κ3) is 2.39. The molecule has 0 radical (unpaired) electrons. The zero-order chi connectivity index (χ0) is 15.7. The van der Waals surface area contributed by atoms with Gasteiger partial charge in [-0.3, -0.25) is 25.1 Å². The summed E-state index contributed by atoms with van der Waals surface area (Å²) in [5.74, 6) is -0.410. The number of hydrogen-bond donors (Lipinski definition) is 3. The van der Waals surface area contributed by atoms with Crippen molar-refractivity contribution in [1.82, 2.24) is 25.7 Å². The molecule has 22 heavy (non-hydrogen) atoms. The van der Waals surface area contributed by atoms with Gasteiger partial charge < -0.3 is 5.32 Å². The lowest BCUT2D eigenvalue weighted by atomic mass is 10.2. The summed E-state index contributed by atoms with van der Waals surface area (Å²) in [7, 11) is 0. The Morgan fingerprint density at radius 3 is 2.91 bits per heavy atom. The monoisotopic (exact) mass is 300 g/mol. The lowest BCUT2D eigenvalue weighted by Crippen LogP contribution is -2.23. The van der Waals surface area contributed by atoms with Crippen LogP contribution in [0.5, 0.6) is 0 Å². The maximum absolute atomic E-state index is 12.2. The highest BCUT2D eigenvalue weighted by molar-refractivity contribution is 6.05. The average molecular weight is 300 g/mol. The molecule has 2 aromatic heterocycles. The minimum atomic E-state index is -0.511. The van der Waals surface area contributed by atoms with E-state index in [1.165, 1.54) is 18.2 Å². The largest absolute Gasteiger partial charge is 0.346 e. The topological polar surface area (TPSA) is 130 Å². The predicted octanol–water partition coefficient (Wildman–Crippen LogP) is 1.43. The Morgan fingerprint density at radius 1 is 1.41 bits per heavy atom. The van der Waals surface area contributed by atoms with Crippen LogP contribution in [0.15, 0.2) is 24.4 Å². The quantitative estimate of drug-likeness (QED) is 0.495. The van der Waals surface area contributed by atoms with E-state index in [-0.39, 0.29) is 11.4 Å². The number of rotatable bonds is 4. The summed E-state index contributed by atoms with van der Waals surface area (Å²) in [6.07, 6.45) is 1.63. The maximum atomic E-state index is 12.2. The van der Waals surface area contributed by atoms with E-state index in [1.54, 1.807) is 6.20 Å². The second-order valence-corrected chi connectivity index (χ2v) is 4.76. The van der Waals surface area contributed by atoms with E-state index in [2.05, 4.69) is 25.7 Å². The minimum absolute atomic E-state index is 0.0892. The summed E-state index contributed by atoms with van der Waals surface area (Å²) in [6.45, 7) is 2.15. The van der Waals surface area contributed by atoms with Crippen LogP contribution in [0, 0.1) is 17.0 Å². The van der Waals surface area contributed by atoms with Crippen molar-refractivity contribution in [2.75, 3.05) is 0 Å². The summed E-state index contributed by atoms with van der Waals surface area (Å²) >= 11 is 0. The van der Waals surface area contributed by atoms with Gasteiger partial charge in [0.15, 0.2) is 5.69 Å². The van der Waals surface area contributed by atoms with Crippen molar-refractivity contribution >= 4 is 22.5 Å². The fourth-order valence-electron chi connectivity index (χ4n) is 2.10. The molecule has 0 aliphatic carbocycles. The molecule has 0 aliphatic rings. The van der Waals surface area contributed by atoms with Crippen molar-refractivity contribution in [2.45, 2.75) is 13.5 Å². The Hall–Kier alpha value is -3.23. The summed E-state index contributed by atoms with van der Waals surface area (Å²) < 4.78 is 0. The zero-order valence-electron chi connectivity index (χ0n) is 11.6. The average Bonchev–Trinajstić information content (AvgIpc) is 3.10. The fourth-order valence-corrected chi connectivity index (χ4v) is 2.10. The number of aromatic nitrogens is 4. The number of non-ortho nitro benzene ring substituents is 1. The number of carbonyl (C=O) groups excluding carboxylic acids is 1. The molecule has 3 aromatic rings. The van der Waals surface area contributed by atoms with Gasteiger partial charge in [-0.05, 0) is 13.0 Å². The number of aromatic amines is 2. The van der Waals surface area contributed by atoms with Crippen LogP contribution in [0.2, 0.25) is 0 Å². The minimum Gasteiger partial charge on any atom is -0.346 e. The number of nitrogens with one attached hydrogen (secondary N) is 3. The van der Waals surface area contributed by atoms with Crippen molar-refractivity contribution in [3.8, 4) is 0 Å². The van der Waals surface area contributed by atoms with Crippen LogP contribution in [0.1, 0.15) is 21.7 Å². The van der Waals surface area contributed by atoms with E-state index in [1.807, 2.05) is 6.92 Å². The molecule has 0 fully saturated rings. The third-order valence-corrected chi connectivity index (χ3v) is 3.35. The normalized spacial score (nSPS) is 10.8. The lowest BCUT2D eigenvalue weighted by Gasteiger charge is -2.02. The first-order valence-corrected chi connectivity index (χ1v) is 6.46. The lowest BCUT2D eigenvalue weighted by molar-refractivity contribution is -0.384. The molecular formula is C13H12N6O3. The SMILES string of the molecule is Cc1[nH]ncc1CNC(=O)c1n[nH]c2ccc([N+](=O)[O-])cc12. The number of benzene rings is 1. The summed E-state index contributed by atoms with van der Waals surface area (Å²) in [4.78, 5) is 22.5. The molecule has 0 bridgehead atoms. The van der Waals surface area contributed by atoms with Crippen molar-refractivity contribution in [3.63, 3.8) is 0 Å². The molecule has 3 N–H and O–H groups in total. The number of aryl methyl sites for hydroxylation is 1. The van der Waals surface area contributed by atoms with Crippen molar-refractivity contribution in [3.05, 3.63) is 51.5 Å². The molecule has 0 saturated heterocycles. The van der Waals surface area contributed by atoms with E-state index in [0.29, 0.717) is 17.4 Å². The molecule has 0 aliphatic heterocycles. The van der Waals surface area contributed by atoms with Crippen LogP contribution in [-0.4, -0.2) is 31.2 Å². The van der Waals surface area contributed by atoms with E-state index in [9.17, 15) is 14.9 Å². The Labute approximate surface area is 123 Å². The Bertz CT molecular complexity index is 866. The number of hydrogen-bond acceptors (Lipinski definition) is 5. The van der Waals surface area contributed by atoms with Crippen LogP contribution in [0.4, 0.5) is 5.69 Å².